The van der Waals surface area contributed by atoms with Crippen molar-refractivity contribution >= 4 is 5.91 Å². The molecule has 5 nitrogen and oxygen atoms in total. The normalized spacial score (nSPS) is 21.1. The summed E-state index contributed by atoms with van der Waals surface area (Å²) >= 11 is 0. The lowest BCUT2D eigenvalue weighted by atomic mass is 10.1. The van der Waals surface area contributed by atoms with Gasteiger partial charge in [-0.3, -0.25) is 9.48 Å². The fourth-order valence-corrected chi connectivity index (χ4v) is 3.96. The molecule has 3 heterocycles. The van der Waals surface area contributed by atoms with Crippen molar-refractivity contribution in [2.24, 2.45) is 0 Å². The molecule has 1 amide bonds. The molecule has 2 aromatic rings. The molecule has 0 N–H and O–H groups in total. The Balaban J connectivity index is 1.57. The van der Waals surface area contributed by atoms with Crippen molar-refractivity contribution in [3.8, 4) is 0 Å². The Hall–Kier alpha value is -2.04. The maximum absolute atomic E-state index is 13.1. The van der Waals surface area contributed by atoms with Crippen LogP contribution in [0.3, 0.4) is 0 Å². The van der Waals surface area contributed by atoms with E-state index in [-0.39, 0.29) is 11.9 Å². The number of hydrogen-bond acceptors (Lipinski definition) is 2. The highest BCUT2D eigenvalue weighted by atomic mass is 16.2. The van der Waals surface area contributed by atoms with Crippen LogP contribution in [-0.4, -0.2) is 37.7 Å². The highest BCUT2D eigenvalue weighted by molar-refractivity contribution is 5.96. The molecule has 0 radical (unpaired) electrons. The average molecular weight is 312 g/mol. The number of aromatic nitrogens is 3. The number of aryl methyl sites for hydroxylation is 1. The van der Waals surface area contributed by atoms with E-state index in [4.69, 9.17) is 0 Å². The first-order valence-corrected chi connectivity index (χ1v) is 8.62. The zero-order valence-corrected chi connectivity index (χ0v) is 13.9. The fraction of sp³-hybridized carbons (Fsp3) is 0.556. The van der Waals surface area contributed by atoms with E-state index in [1.165, 1.54) is 18.5 Å². The predicted molar refractivity (Wildman–Crippen MR) is 88.5 cm³/mol. The molecule has 1 atom stereocenters. The lowest BCUT2D eigenvalue weighted by Gasteiger charge is -2.25. The van der Waals surface area contributed by atoms with Crippen LogP contribution in [0.2, 0.25) is 0 Å². The largest absolute Gasteiger partial charge is 0.345 e. The topological polar surface area (TPSA) is 43.1 Å². The van der Waals surface area contributed by atoms with Crippen LogP contribution in [0.5, 0.6) is 0 Å². The number of hydrogen-bond donors (Lipinski definition) is 0. The molecule has 2 fully saturated rings. The maximum atomic E-state index is 13.1. The summed E-state index contributed by atoms with van der Waals surface area (Å²) in [5, 5.41) is 4.29. The Morgan fingerprint density at radius 3 is 2.83 bits per heavy atom. The third-order valence-electron chi connectivity index (χ3n) is 5.22. The number of likely N-dealkylation sites (tertiary alicyclic amines) is 1. The van der Waals surface area contributed by atoms with Crippen molar-refractivity contribution in [2.75, 3.05) is 6.54 Å². The molecule has 1 saturated carbocycles. The van der Waals surface area contributed by atoms with Crippen LogP contribution in [0.25, 0.3) is 0 Å². The summed E-state index contributed by atoms with van der Waals surface area (Å²) in [6.45, 7) is 5.86. The summed E-state index contributed by atoms with van der Waals surface area (Å²) in [4.78, 5) is 15.2. The van der Waals surface area contributed by atoms with E-state index in [0.717, 1.165) is 37.2 Å². The lowest BCUT2D eigenvalue weighted by Crippen LogP contribution is -2.38. The van der Waals surface area contributed by atoms with E-state index >= 15 is 0 Å². The summed E-state index contributed by atoms with van der Waals surface area (Å²) in [6.07, 6.45) is 8.40. The minimum absolute atomic E-state index is 0.194. The first kappa shape index (κ1) is 14.5. The second kappa shape index (κ2) is 5.55. The van der Waals surface area contributed by atoms with Crippen LogP contribution >= 0.6 is 0 Å². The minimum Gasteiger partial charge on any atom is -0.345 e. The Labute approximate surface area is 136 Å². The van der Waals surface area contributed by atoms with Crippen LogP contribution in [0.1, 0.15) is 53.5 Å². The van der Waals surface area contributed by atoms with Gasteiger partial charge in [-0.1, -0.05) is 0 Å². The van der Waals surface area contributed by atoms with Crippen molar-refractivity contribution in [3.63, 3.8) is 0 Å². The minimum atomic E-state index is 0.194. The van der Waals surface area contributed by atoms with E-state index in [2.05, 4.69) is 34.5 Å². The second-order valence-electron chi connectivity index (χ2n) is 6.91. The van der Waals surface area contributed by atoms with E-state index in [0.29, 0.717) is 6.04 Å². The van der Waals surface area contributed by atoms with Crippen LogP contribution in [0, 0.1) is 13.8 Å². The number of carbonyl (C=O) groups excluding carboxylic acids is 1. The summed E-state index contributed by atoms with van der Waals surface area (Å²) in [7, 11) is 0. The lowest BCUT2D eigenvalue weighted by molar-refractivity contribution is 0.0721. The average Bonchev–Trinajstić information content (AvgIpc) is 2.96. The number of nitrogens with zero attached hydrogens (tertiary/aromatic N) is 4. The van der Waals surface area contributed by atoms with Gasteiger partial charge < -0.3 is 9.47 Å². The first-order valence-electron chi connectivity index (χ1n) is 8.62. The molecule has 2 aliphatic rings. The highest BCUT2D eigenvalue weighted by Gasteiger charge is 2.33. The predicted octanol–water partition coefficient (Wildman–Crippen LogP) is 2.94. The van der Waals surface area contributed by atoms with Gasteiger partial charge in [-0.2, -0.15) is 5.10 Å². The second-order valence-corrected chi connectivity index (χ2v) is 6.91. The van der Waals surface area contributed by atoms with Crippen molar-refractivity contribution in [3.05, 3.63) is 41.5 Å². The van der Waals surface area contributed by atoms with Crippen molar-refractivity contribution in [2.45, 2.75) is 58.2 Å². The van der Waals surface area contributed by atoms with Gasteiger partial charge in [0.25, 0.3) is 5.91 Å². The summed E-state index contributed by atoms with van der Waals surface area (Å²) < 4.78 is 4.29. The monoisotopic (exact) mass is 312 g/mol. The Morgan fingerprint density at radius 1 is 1.30 bits per heavy atom. The van der Waals surface area contributed by atoms with Crippen molar-refractivity contribution in [1.29, 1.82) is 0 Å². The molecule has 1 unspecified atom stereocenters. The molecular formula is C18H24N4O. The highest BCUT2D eigenvalue weighted by Crippen LogP contribution is 2.38. The Bertz CT molecular complexity index is 712. The smallest absolute Gasteiger partial charge is 0.255 e. The molecule has 1 aliphatic carbocycles. The Morgan fingerprint density at radius 2 is 2.13 bits per heavy atom. The Kier molecular flexibility index (Phi) is 3.51. The van der Waals surface area contributed by atoms with E-state index in [1.807, 2.05) is 16.9 Å². The first-order chi connectivity index (χ1) is 11.1. The molecule has 0 spiro atoms. The van der Waals surface area contributed by atoms with E-state index in [9.17, 15) is 4.79 Å². The van der Waals surface area contributed by atoms with E-state index < -0.39 is 0 Å². The molecule has 0 aromatic carbocycles. The molecule has 122 valence electrons. The SMILES string of the molecule is Cc1cc(C(=O)N2CCCC2Cn2cccn2)c(C)n1C1CC1. The van der Waals surface area contributed by atoms with Gasteiger partial charge in [0.05, 0.1) is 18.2 Å². The van der Waals surface area contributed by atoms with Gasteiger partial charge in [0.2, 0.25) is 0 Å². The molecule has 4 rings (SSSR count). The van der Waals surface area contributed by atoms with Gasteiger partial charge >= 0.3 is 0 Å². The number of rotatable bonds is 4. The molecule has 0 bridgehead atoms. The maximum Gasteiger partial charge on any atom is 0.255 e. The van der Waals surface area contributed by atoms with Crippen molar-refractivity contribution in [1.82, 2.24) is 19.2 Å². The van der Waals surface area contributed by atoms with Crippen LogP contribution in [0.15, 0.2) is 24.5 Å². The van der Waals surface area contributed by atoms with Crippen LogP contribution in [-0.2, 0) is 6.54 Å². The van der Waals surface area contributed by atoms with Gasteiger partial charge in [0, 0.05) is 36.4 Å². The quantitative estimate of drug-likeness (QED) is 0.871. The van der Waals surface area contributed by atoms with Gasteiger partial charge in [0.1, 0.15) is 0 Å². The zero-order valence-electron chi connectivity index (χ0n) is 13.9. The third-order valence-corrected chi connectivity index (χ3v) is 5.22. The molecule has 23 heavy (non-hydrogen) atoms. The standard InChI is InChI=1S/C18H24N4O/c1-13-11-17(14(2)22(13)15-6-7-15)18(23)21-10-3-5-16(21)12-20-9-4-8-19-20/h4,8-9,11,15-16H,3,5-7,10,12H2,1-2H3. The molecule has 1 saturated heterocycles. The van der Waals surface area contributed by atoms with Crippen LogP contribution in [0.4, 0.5) is 0 Å². The van der Waals surface area contributed by atoms with Crippen molar-refractivity contribution < 1.29 is 4.79 Å². The fourth-order valence-electron chi connectivity index (χ4n) is 3.96. The van der Waals surface area contributed by atoms with E-state index in [1.54, 1.807) is 6.20 Å². The van der Waals surface area contributed by atoms with Gasteiger partial charge in [-0.25, -0.2) is 0 Å². The van der Waals surface area contributed by atoms with Crippen LogP contribution < -0.4 is 0 Å². The molecule has 5 heteroatoms. The summed E-state index contributed by atoms with van der Waals surface area (Å²) in [6, 6.07) is 4.89. The summed E-state index contributed by atoms with van der Waals surface area (Å²) in [5.74, 6) is 0.194. The molecule has 1 aliphatic heterocycles. The molecular weight excluding hydrogens is 288 g/mol. The van der Waals surface area contributed by atoms with Gasteiger partial charge in [-0.05, 0) is 51.7 Å². The van der Waals surface area contributed by atoms with Gasteiger partial charge in [0.15, 0.2) is 0 Å². The molecule has 2 aromatic heterocycles. The third kappa shape index (κ3) is 2.58. The van der Waals surface area contributed by atoms with Gasteiger partial charge in [-0.15, -0.1) is 0 Å². The number of amides is 1. The zero-order chi connectivity index (χ0) is 16.0. The summed E-state index contributed by atoms with van der Waals surface area (Å²) in [5.41, 5.74) is 3.25. The number of carbonyl (C=O) groups is 1.